The predicted molar refractivity (Wildman–Crippen MR) is 114 cm³/mol. The summed E-state index contributed by atoms with van der Waals surface area (Å²) in [6.45, 7) is 7.13. The highest BCUT2D eigenvalue weighted by atomic mass is 16.5. The van der Waals surface area contributed by atoms with Gasteiger partial charge in [-0.05, 0) is 60.7 Å². The maximum absolute atomic E-state index is 12.7. The average molecular weight is 396 g/mol. The second kappa shape index (κ2) is 8.99. The minimum atomic E-state index is -0.224. The van der Waals surface area contributed by atoms with Crippen LogP contribution in [-0.2, 0) is 11.2 Å². The molecule has 1 aliphatic heterocycles. The van der Waals surface area contributed by atoms with E-state index in [4.69, 9.17) is 9.47 Å². The number of carbonyl (C=O) groups is 2. The van der Waals surface area contributed by atoms with E-state index in [9.17, 15) is 9.59 Å². The molecule has 0 aliphatic carbocycles. The molecule has 0 radical (unpaired) electrons. The number of fused-ring (bicyclic) bond motifs is 1. The Kier molecular flexibility index (Phi) is 6.42. The third-order valence-corrected chi connectivity index (χ3v) is 4.99. The van der Waals surface area contributed by atoms with E-state index >= 15 is 0 Å². The zero-order valence-electron chi connectivity index (χ0n) is 17.5. The van der Waals surface area contributed by atoms with Gasteiger partial charge < -0.3 is 19.7 Å². The van der Waals surface area contributed by atoms with Crippen LogP contribution >= 0.6 is 0 Å². The van der Waals surface area contributed by atoms with Gasteiger partial charge in [0, 0.05) is 30.4 Å². The minimum absolute atomic E-state index is 0.0309. The van der Waals surface area contributed by atoms with Crippen LogP contribution in [0.1, 0.15) is 43.1 Å². The van der Waals surface area contributed by atoms with Crippen LogP contribution in [-0.4, -0.2) is 32.1 Å². The lowest BCUT2D eigenvalue weighted by atomic mass is 10.1. The molecule has 0 unspecified atom stereocenters. The van der Waals surface area contributed by atoms with E-state index in [0.717, 1.165) is 24.1 Å². The van der Waals surface area contributed by atoms with Crippen LogP contribution in [0.3, 0.4) is 0 Å². The molecular weight excluding hydrogens is 368 g/mol. The summed E-state index contributed by atoms with van der Waals surface area (Å²) in [7, 11) is 1.56. The summed E-state index contributed by atoms with van der Waals surface area (Å²) in [6.07, 6.45) is 1.74. The molecule has 6 nitrogen and oxygen atoms in total. The molecule has 2 amide bonds. The second-order valence-electron chi connectivity index (χ2n) is 7.61. The van der Waals surface area contributed by atoms with Crippen molar-refractivity contribution in [2.24, 2.45) is 5.92 Å². The van der Waals surface area contributed by atoms with E-state index in [2.05, 4.69) is 19.2 Å². The number of nitrogens with one attached hydrogen (secondary N) is 1. The molecule has 3 rings (SSSR count). The molecule has 0 aromatic heterocycles. The summed E-state index contributed by atoms with van der Waals surface area (Å²) in [5.74, 6) is 1.53. The van der Waals surface area contributed by atoms with E-state index in [0.29, 0.717) is 41.8 Å². The topological polar surface area (TPSA) is 67.9 Å². The molecule has 1 N–H and O–H groups in total. The Balaban J connectivity index is 1.70. The first-order valence-electron chi connectivity index (χ1n) is 9.92. The fourth-order valence-electron chi connectivity index (χ4n) is 3.34. The fourth-order valence-corrected chi connectivity index (χ4v) is 3.34. The molecule has 0 spiro atoms. The van der Waals surface area contributed by atoms with Crippen molar-refractivity contribution in [3.63, 3.8) is 0 Å². The van der Waals surface area contributed by atoms with Crippen LogP contribution in [0.2, 0.25) is 0 Å². The highest BCUT2D eigenvalue weighted by molar-refractivity contribution is 6.05. The van der Waals surface area contributed by atoms with Gasteiger partial charge in [0.05, 0.1) is 13.7 Å². The Morgan fingerprint density at radius 1 is 1.14 bits per heavy atom. The monoisotopic (exact) mass is 396 g/mol. The van der Waals surface area contributed by atoms with Crippen LogP contribution in [0, 0.1) is 5.92 Å². The standard InChI is InChI=1S/C23H28N2O4/c1-15(2)10-12-29-21-8-5-18(14-22(21)28-4)23(27)24-19-6-7-20-17(13-19)9-11-25(20)16(3)26/h5-8,13-15H,9-12H2,1-4H3,(H,24,27). The zero-order valence-corrected chi connectivity index (χ0v) is 17.5. The smallest absolute Gasteiger partial charge is 0.255 e. The van der Waals surface area contributed by atoms with Crippen molar-refractivity contribution in [3.8, 4) is 11.5 Å². The summed E-state index contributed by atoms with van der Waals surface area (Å²) in [6, 6.07) is 10.8. The average Bonchev–Trinajstić information content (AvgIpc) is 3.11. The molecule has 0 bridgehead atoms. The zero-order chi connectivity index (χ0) is 21.0. The van der Waals surface area contributed by atoms with E-state index in [1.54, 1.807) is 37.1 Å². The SMILES string of the molecule is COc1cc(C(=O)Nc2ccc3c(c2)CCN3C(C)=O)ccc1OCCC(C)C. The number of carbonyl (C=O) groups excluding carboxylic acids is 2. The molecule has 0 fully saturated rings. The number of hydrogen-bond donors (Lipinski definition) is 1. The van der Waals surface area contributed by atoms with Crippen LogP contribution in [0.5, 0.6) is 11.5 Å². The molecule has 1 aliphatic rings. The fraction of sp³-hybridized carbons (Fsp3) is 0.391. The van der Waals surface area contributed by atoms with Crippen molar-refractivity contribution in [1.29, 1.82) is 0 Å². The summed E-state index contributed by atoms with van der Waals surface area (Å²) < 4.78 is 11.2. The van der Waals surface area contributed by atoms with E-state index in [1.165, 1.54) is 0 Å². The van der Waals surface area contributed by atoms with Gasteiger partial charge in [-0.25, -0.2) is 0 Å². The Morgan fingerprint density at radius 2 is 1.93 bits per heavy atom. The predicted octanol–water partition coefficient (Wildman–Crippen LogP) is 4.28. The second-order valence-corrected chi connectivity index (χ2v) is 7.61. The maximum atomic E-state index is 12.7. The van der Waals surface area contributed by atoms with Crippen molar-refractivity contribution < 1.29 is 19.1 Å². The highest BCUT2D eigenvalue weighted by Crippen LogP contribution is 2.31. The molecule has 0 saturated heterocycles. The van der Waals surface area contributed by atoms with Gasteiger partial charge in [-0.3, -0.25) is 9.59 Å². The van der Waals surface area contributed by atoms with Crippen molar-refractivity contribution >= 4 is 23.2 Å². The van der Waals surface area contributed by atoms with Crippen molar-refractivity contribution in [1.82, 2.24) is 0 Å². The Labute approximate surface area is 171 Å². The number of benzene rings is 2. The first kappa shape index (κ1) is 20.7. The lowest BCUT2D eigenvalue weighted by Crippen LogP contribution is -2.25. The summed E-state index contributed by atoms with van der Waals surface area (Å²) in [5, 5.41) is 2.92. The number of hydrogen-bond acceptors (Lipinski definition) is 4. The Hall–Kier alpha value is -3.02. The molecule has 154 valence electrons. The minimum Gasteiger partial charge on any atom is -0.493 e. The highest BCUT2D eigenvalue weighted by Gasteiger charge is 2.22. The quantitative estimate of drug-likeness (QED) is 0.758. The Morgan fingerprint density at radius 3 is 2.62 bits per heavy atom. The number of ether oxygens (including phenoxy) is 2. The van der Waals surface area contributed by atoms with Gasteiger partial charge in [0.25, 0.3) is 5.91 Å². The maximum Gasteiger partial charge on any atom is 0.255 e. The molecule has 2 aromatic rings. The third kappa shape index (κ3) is 4.88. The number of rotatable bonds is 7. The summed E-state index contributed by atoms with van der Waals surface area (Å²) >= 11 is 0. The lowest BCUT2D eigenvalue weighted by molar-refractivity contribution is -0.116. The van der Waals surface area contributed by atoms with Gasteiger partial charge in [-0.15, -0.1) is 0 Å². The normalized spacial score (nSPS) is 12.7. The number of methoxy groups -OCH3 is 1. The molecule has 29 heavy (non-hydrogen) atoms. The van der Waals surface area contributed by atoms with Crippen molar-refractivity contribution in [3.05, 3.63) is 47.5 Å². The molecular formula is C23H28N2O4. The molecule has 1 heterocycles. The molecule has 2 aromatic carbocycles. The van der Waals surface area contributed by atoms with E-state index in [-0.39, 0.29) is 11.8 Å². The summed E-state index contributed by atoms with van der Waals surface area (Å²) in [4.78, 5) is 26.1. The largest absolute Gasteiger partial charge is 0.493 e. The van der Waals surface area contributed by atoms with Gasteiger partial charge in [0.1, 0.15) is 0 Å². The van der Waals surface area contributed by atoms with Crippen LogP contribution in [0.15, 0.2) is 36.4 Å². The Bertz CT molecular complexity index is 908. The molecule has 6 heteroatoms. The first-order valence-corrected chi connectivity index (χ1v) is 9.92. The van der Waals surface area contributed by atoms with Gasteiger partial charge in [0.15, 0.2) is 11.5 Å². The van der Waals surface area contributed by atoms with E-state index < -0.39 is 0 Å². The van der Waals surface area contributed by atoms with Crippen LogP contribution in [0.25, 0.3) is 0 Å². The van der Waals surface area contributed by atoms with Crippen LogP contribution < -0.4 is 19.7 Å². The van der Waals surface area contributed by atoms with Gasteiger partial charge in [0.2, 0.25) is 5.91 Å². The van der Waals surface area contributed by atoms with Crippen molar-refractivity contribution in [2.45, 2.75) is 33.6 Å². The van der Waals surface area contributed by atoms with Gasteiger partial charge in [-0.1, -0.05) is 13.8 Å². The van der Waals surface area contributed by atoms with Gasteiger partial charge >= 0.3 is 0 Å². The number of nitrogens with zero attached hydrogens (tertiary/aromatic N) is 1. The van der Waals surface area contributed by atoms with Crippen molar-refractivity contribution in [2.75, 3.05) is 30.5 Å². The van der Waals surface area contributed by atoms with Crippen LogP contribution in [0.4, 0.5) is 11.4 Å². The number of amides is 2. The number of anilines is 2. The van der Waals surface area contributed by atoms with Gasteiger partial charge in [-0.2, -0.15) is 0 Å². The molecule has 0 saturated carbocycles. The van der Waals surface area contributed by atoms with E-state index in [1.807, 2.05) is 18.2 Å². The lowest BCUT2D eigenvalue weighted by Gasteiger charge is -2.15. The molecule has 0 atom stereocenters. The summed E-state index contributed by atoms with van der Waals surface area (Å²) in [5.41, 5.74) is 3.17. The third-order valence-electron chi connectivity index (χ3n) is 4.99. The first-order chi connectivity index (χ1) is 13.9.